The fourth-order valence-corrected chi connectivity index (χ4v) is 3.46. The molecule has 2 aromatic rings. The number of nitrogens with zero attached hydrogens (tertiary/aromatic N) is 3. The number of hydrogen-bond acceptors (Lipinski definition) is 5. The second-order valence-electron chi connectivity index (χ2n) is 6.61. The molecule has 0 bridgehead atoms. The van der Waals surface area contributed by atoms with Crippen LogP contribution in [0.2, 0.25) is 0 Å². The van der Waals surface area contributed by atoms with Crippen molar-refractivity contribution in [2.75, 3.05) is 26.8 Å². The predicted octanol–water partition coefficient (Wildman–Crippen LogP) is 1.29. The molecular weight excluding hydrogens is 336 g/mol. The Hall–Kier alpha value is -2.61. The number of nitrogens with one attached hydrogen (secondary N) is 1. The zero-order valence-corrected chi connectivity index (χ0v) is 15.3. The Labute approximate surface area is 152 Å². The minimum absolute atomic E-state index is 0.0280. The lowest BCUT2D eigenvalue weighted by atomic mass is 9.95. The number of amides is 2. The smallest absolute Gasteiger partial charge is 0.254 e. The van der Waals surface area contributed by atoms with Gasteiger partial charge in [-0.15, -0.1) is 0 Å². The normalized spacial score (nSPS) is 20.0. The summed E-state index contributed by atoms with van der Waals surface area (Å²) in [4.78, 5) is 26.7. The highest BCUT2D eigenvalue weighted by Crippen LogP contribution is 2.37. The van der Waals surface area contributed by atoms with Crippen LogP contribution in [0.15, 0.2) is 29.3 Å². The zero-order valence-electron chi connectivity index (χ0n) is 15.3. The van der Waals surface area contributed by atoms with E-state index in [9.17, 15) is 9.59 Å². The van der Waals surface area contributed by atoms with E-state index in [1.807, 2.05) is 25.1 Å². The van der Waals surface area contributed by atoms with Crippen molar-refractivity contribution in [1.82, 2.24) is 20.0 Å². The van der Waals surface area contributed by atoms with Crippen molar-refractivity contribution in [3.63, 3.8) is 0 Å². The highest BCUT2D eigenvalue weighted by Gasteiger charge is 2.41. The average Bonchev–Trinajstić information content (AvgIpc) is 3.30. The number of ether oxygens (including phenoxy) is 1. The highest BCUT2D eigenvalue weighted by molar-refractivity contribution is 5.95. The summed E-state index contributed by atoms with van der Waals surface area (Å²) < 4.78 is 11.9. The molecule has 2 aromatic heterocycles. The number of methoxy groups -OCH3 is 1. The molecule has 0 unspecified atom stereocenters. The van der Waals surface area contributed by atoms with Gasteiger partial charge in [0.05, 0.1) is 30.7 Å². The molecule has 2 amide bonds. The van der Waals surface area contributed by atoms with Gasteiger partial charge in [-0.25, -0.2) is 0 Å². The topological polar surface area (TPSA) is 89.6 Å². The fourth-order valence-electron chi connectivity index (χ4n) is 3.46. The van der Waals surface area contributed by atoms with Gasteiger partial charge in [0.2, 0.25) is 5.91 Å². The molecule has 1 fully saturated rings. The van der Waals surface area contributed by atoms with Crippen molar-refractivity contribution in [1.29, 1.82) is 0 Å². The van der Waals surface area contributed by atoms with E-state index in [-0.39, 0.29) is 23.8 Å². The lowest BCUT2D eigenvalue weighted by Gasteiger charge is -2.27. The molecule has 1 aliphatic heterocycles. The van der Waals surface area contributed by atoms with Crippen molar-refractivity contribution >= 4 is 11.8 Å². The van der Waals surface area contributed by atoms with Crippen molar-refractivity contribution in [2.24, 2.45) is 13.0 Å². The van der Waals surface area contributed by atoms with Gasteiger partial charge in [-0.05, 0) is 12.5 Å². The monoisotopic (exact) mass is 360 g/mol. The van der Waals surface area contributed by atoms with Gasteiger partial charge < -0.3 is 19.4 Å². The van der Waals surface area contributed by atoms with Gasteiger partial charge in [-0.3, -0.25) is 14.3 Å². The Morgan fingerprint density at radius 1 is 1.46 bits per heavy atom. The zero-order chi connectivity index (χ0) is 18.7. The molecule has 3 heterocycles. The number of carbonyl (C=O) groups is 2. The van der Waals surface area contributed by atoms with E-state index in [1.165, 1.54) is 6.26 Å². The van der Waals surface area contributed by atoms with Gasteiger partial charge in [-0.2, -0.15) is 5.10 Å². The molecule has 0 aromatic carbocycles. The molecule has 0 aliphatic carbocycles. The average molecular weight is 360 g/mol. The lowest BCUT2D eigenvalue weighted by molar-refractivity contribution is -0.129. The van der Waals surface area contributed by atoms with E-state index in [2.05, 4.69) is 10.4 Å². The van der Waals surface area contributed by atoms with Crippen molar-refractivity contribution in [3.8, 4) is 0 Å². The summed E-state index contributed by atoms with van der Waals surface area (Å²) in [5, 5.41) is 7.17. The summed E-state index contributed by atoms with van der Waals surface area (Å²) >= 11 is 0. The third-order valence-corrected chi connectivity index (χ3v) is 4.77. The minimum Gasteiger partial charge on any atom is -0.471 e. The van der Waals surface area contributed by atoms with Crippen LogP contribution in [0.3, 0.4) is 0 Å². The Morgan fingerprint density at radius 2 is 2.27 bits per heavy atom. The number of carbonyl (C=O) groups excluding carboxylic acids is 2. The number of aromatic nitrogens is 2. The number of rotatable bonds is 7. The first kappa shape index (κ1) is 18.2. The van der Waals surface area contributed by atoms with Crippen LogP contribution in [0.5, 0.6) is 0 Å². The summed E-state index contributed by atoms with van der Waals surface area (Å²) in [6, 6.07) is -0.128. The van der Waals surface area contributed by atoms with Crippen LogP contribution in [0.4, 0.5) is 0 Å². The summed E-state index contributed by atoms with van der Waals surface area (Å²) in [6.45, 7) is 3.21. The second kappa shape index (κ2) is 7.74. The maximum Gasteiger partial charge on any atom is 0.254 e. The number of likely N-dealkylation sites (tertiary alicyclic amines) is 1. The first-order valence-electron chi connectivity index (χ1n) is 8.59. The molecule has 8 heteroatoms. The van der Waals surface area contributed by atoms with Crippen molar-refractivity contribution < 1.29 is 18.7 Å². The van der Waals surface area contributed by atoms with E-state index >= 15 is 0 Å². The van der Waals surface area contributed by atoms with Gasteiger partial charge in [0.25, 0.3) is 5.91 Å². The molecule has 1 N–H and O–H groups in total. The molecular formula is C18H24N4O4. The van der Waals surface area contributed by atoms with Crippen LogP contribution in [-0.2, 0) is 16.6 Å². The molecule has 2 atom stereocenters. The summed E-state index contributed by atoms with van der Waals surface area (Å²) in [7, 11) is 3.46. The number of hydrogen-bond donors (Lipinski definition) is 1. The van der Waals surface area contributed by atoms with Crippen LogP contribution in [0.25, 0.3) is 0 Å². The number of furan rings is 1. The van der Waals surface area contributed by atoms with Crippen LogP contribution in [0, 0.1) is 12.8 Å². The quantitative estimate of drug-likeness (QED) is 0.804. The Bertz CT molecular complexity index is 782. The summed E-state index contributed by atoms with van der Waals surface area (Å²) in [5.74, 6) is -0.154. The third kappa shape index (κ3) is 3.65. The molecule has 0 spiro atoms. The van der Waals surface area contributed by atoms with Crippen LogP contribution < -0.4 is 5.32 Å². The SMILES string of the molecule is COCCN1C(=O)C[C@H](CNC(=O)c2cocc2C)[C@H]1c1cnn(C)c1. The van der Waals surface area contributed by atoms with E-state index < -0.39 is 0 Å². The van der Waals surface area contributed by atoms with Gasteiger partial charge in [0, 0.05) is 51.3 Å². The summed E-state index contributed by atoms with van der Waals surface area (Å²) in [5.41, 5.74) is 2.27. The summed E-state index contributed by atoms with van der Waals surface area (Å²) in [6.07, 6.45) is 7.05. The van der Waals surface area contributed by atoms with Crippen molar-refractivity contribution in [2.45, 2.75) is 19.4 Å². The van der Waals surface area contributed by atoms with Gasteiger partial charge in [-0.1, -0.05) is 0 Å². The fraction of sp³-hybridized carbons (Fsp3) is 0.500. The largest absolute Gasteiger partial charge is 0.471 e. The van der Waals surface area contributed by atoms with E-state index in [0.717, 1.165) is 11.1 Å². The number of aryl methyl sites for hydroxylation is 2. The van der Waals surface area contributed by atoms with Gasteiger partial charge in [0.15, 0.2) is 0 Å². The maximum atomic E-state index is 12.5. The molecule has 1 aliphatic rings. The molecule has 140 valence electrons. The van der Waals surface area contributed by atoms with E-state index in [0.29, 0.717) is 31.7 Å². The van der Waals surface area contributed by atoms with Crippen LogP contribution in [0.1, 0.15) is 33.9 Å². The molecule has 1 saturated heterocycles. The first-order valence-corrected chi connectivity index (χ1v) is 8.59. The molecule has 3 rings (SSSR count). The molecule has 0 radical (unpaired) electrons. The predicted molar refractivity (Wildman–Crippen MR) is 93.4 cm³/mol. The van der Waals surface area contributed by atoms with Crippen molar-refractivity contribution in [3.05, 3.63) is 41.6 Å². The maximum absolute atomic E-state index is 12.5. The standard InChI is InChI=1S/C18H24N4O4/c1-12-10-26-11-15(12)18(24)19-7-13-6-16(23)22(4-5-25-3)17(13)14-8-20-21(2)9-14/h8-11,13,17H,4-7H2,1-3H3,(H,19,24)/t13-,17+/m1/s1. The van der Waals surface area contributed by atoms with Crippen LogP contribution in [-0.4, -0.2) is 53.3 Å². The molecule has 0 saturated carbocycles. The molecule has 26 heavy (non-hydrogen) atoms. The third-order valence-electron chi connectivity index (χ3n) is 4.77. The Balaban J connectivity index is 1.74. The van der Waals surface area contributed by atoms with E-state index in [1.54, 1.807) is 24.3 Å². The van der Waals surface area contributed by atoms with E-state index in [4.69, 9.17) is 9.15 Å². The Morgan fingerprint density at radius 3 is 2.88 bits per heavy atom. The van der Waals surface area contributed by atoms with Crippen LogP contribution >= 0.6 is 0 Å². The Kier molecular flexibility index (Phi) is 5.41. The lowest BCUT2D eigenvalue weighted by Crippen LogP contribution is -2.35. The first-order chi connectivity index (χ1) is 12.5. The highest BCUT2D eigenvalue weighted by atomic mass is 16.5. The van der Waals surface area contributed by atoms with Gasteiger partial charge >= 0.3 is 0 Å². The second-order valence-corrected chi connectivity index (χ2v) is 6.61. The van der Waals surface area contributed by atoms with Gasteiger partial charge in [0.1, 0.15) is 6.26 Å². The molecule has 8 nitrogen and oxygen atoms in total. The minimum atomic E-state index is -0.191.